The second-order valence-electron chi connectivity index (χ2n) is 8.36. The first-order valence-electron chi connectivity index (χ1n) is 9.07. The number of ether oxygens (including phenoxy) is 1. The van der Waals surface area contributed by atoms with Crippen molar-refractivity contribution in [2.75, 3.05) is 24.5 Å². The van der Waals surface area contributed by atoms with Crippen molar-refractivity contribution in [3.8, 4) is 0 Å². The van der Waals surface area contributed by atoms with E-state index < -0.39 is 23.7 Å². The van der Waals surface area contributed by atoms with Crippen LogP contribution < -0.4 is 4.90 Å². The Morgan fingerprint density at radius 2 is 1.86 bits per heavy atom. The van der Waals surface area contributed by atoms with Gasteiger partial charge >= 0.3 is 12.3 Å². The molecule has 0 saturated carbocycles. The van der Waals surface area contributed by atoms with Crippen molar-refractivity contribution >= 4 is 17.8 Å². The Balaban J connectivity index is 1.68. The average Bonchev–Trinajstić information content (AvgIpc) is 2.89. The van der Waals surface area contributed by atoms with E-state index in [9.17, 15) is 22.8 Å². The van der Waals surface area contributed by atoms with Crippen LogP contribution in [-0.4, -0.2) is 52.1 Å². The van der Waals surface area contributed by atoms with Crippen molar-refractivity contribution in [3.05, 3.63) is 18.1 Å². The zero-order valence-corrected chi connectivity index (χ0v) is 16.0. The Kier molecular flexibility index (Phi) is 5.01. The second kappa shape index (κ2) is 6.89. The summed E-state index contributed by atoms with van der Waals surface area (Å²) in [6.45, 7) is 6.53. The molecular formula is C18H23F3N4O3. The van der Waals surface area contributed by atoms with Gasteiger partial charge in [0.05, 0.1) is 0 Å². The first kappa shape index (κ1) is 20.3. The Morgan fingerprint density at radius 1 is 1.21 bits per heavy atom. The summed E-state index contributed by atoms with van der Waals surface area (Å²) < 4.78 is 43.9. The van der Waals surface area contributed by atoms with E-state index >= 15 is 0 Å². The van der Waals surface area contributed by atoms with Crippen molar-refractivity contribution in [1.82, 2.24) is 14.9 Å². The van der Waals surface area contributed by atoms with E-state index in [1.807, 2.05) is 0 Å². The number of amides is 2. The van der Waals surface area contributed by atoms with Gasteiger partial charge in [0.15, 0.2) is 0 Å². The Morgan fingerprint density at radius 3 is 2.43 bits per heavy atom. The molecule has 1 aromatic heterocycles. The van der Waals surface area contributed by atoms with Crippen molar-refractivity contribution in [1.29, 1.82) is 0 Å². The lowest BCUT2D eigenvalue weighted by Gasteiger charge is -2.39. The summed E-state index contributed by atoms with van der Waals surface area (Å²) in [5.74, 6) is -1.57. The SMILES string of the molecule is CC(C)(C)OC(=O)N1CCC2(CC1)CC(=O)N(c1ccnc(C(F)(F)F)n1)C2. The van der Waals surface area contributed by atoms with Crippen molar-refractivity contribution < 1.29 is 27.5 Å². The predicted molar refractivity (Wildman–Crippen MR) is 93.5 cm³/mol. The highest BCUT2D eigenvalue weighted by Gasteiger charge is 2.47. The summed E-state index contributed by atoms with van der Waals surface area (Å²) in [6.07, 6.45) is -2.68. The molecule has 3 heterocycles. The average molecular weight is 400 g/mol. The smallest absolute Gasteiger partial charge is 0.444 e. The molecule has 3 rings (SSSR count). The molecule has 0 aromatic carbocycles. The fourth-order valence-electron chi connectivity index (χ4n) is 3.57. The van der Waals surface area contributed by atoms with Crippen molar-refractivity contribution in [2.24, 2.45) is 5.41 Å². The second-order valence-corrected chi connectivity index (χ2v) is 8.36. The summed E-state index contributed by atoms with van der Waals surface area (Å²) in [5, 5.41) is 0. The van der Waals surface area contributed by atoms with Crippen LogP contribution in [0.4, 0.5) is 23.8 Å². The lowest BCUT2D eigenvalue weighted by Crippen LogP contribution is -2.46. The van der Waals surface area contributed by atoms with Gasteiger partial charge in [0.25, 0.3) is 0 Å². The van der Waals surface area contributed by atoms with Crippen LogP contribution in [0.15, 0.2) is 12.3 Å². The van der Waals surface area contributed by atoms with Gasteiger partial charge in [-0.1, -0.05) is 0 Å². The lowest BCUT2D eigenvalue weighted by atomic mass is 9.78. The molecule has 2 saturated heterocycles. The van der Waals surface area contributed by atoms with Crippen LogP contribution in [0.2, 0.25) is 0 Å². The molecule has 2 amide bonds. The fraction of sp³-hybridized carbons (Fsp3) is 0.667. The van der Waals surface area contributed by atoms with Gasteiger partial charge in [-0.2, -0.15) is 13.2 Å². The van der Waals surface area contributed by atoms with Gasteiger partial charge in [-0.3, -0.25) is 9.69 Å². The molecular weight excluding hydrogens is 377 g/mol. The largest absolute Gasteiger partial charge is 0.451 e. The minimum absolute atomic E-state index is 0.0428. The van der Waals surface area contributed by atoms with E-state index in [-0.39, 0.29) is 30.1 Å². The van der Waals surface area contributed by atoms with E-state index in [0.717, 1.165) is 6.20 Å². The number of piperidine rings is 1. The number of rotatable bonds is 1. The molecule has 7 nitrogen and oxygen atoms in total. The molecule has 0 aliphatic carbocycles. The number of carbonyl (C=O) groups is 2. The molecule has 1 spiro atoms. The molecule has 0 radical (unpaired) electrons. The minimum atomic E-state index is -4.67. The van der Waals surface area contributed by atoms with Gasteiger partial charge in [0, 0.05) is 37.7 Å². The van der Waals surface area contributed by atoms with Gasteiger partial charge in [-0.15, -0.1) is 0 Å². The molecule has 1 aromatic rings. The first-order chi connectivity index (χ1) is 12.9. The fourth-order valence-corrected chi connectivity index (χ4v) is 3.57. The normalized spacial score (nSPS) is 20.0. The zero-order chi connectivity index (χ0) is 20.7. The number of hydrogen-bond acceptors (Lipinski definition) is 5. The number of likely N-dealkylation sites (tertiary alicyclic amines) is 1. The van der Waals surface area contributed by atoms with Gasteiger partial charge in [-0.25, -0.2) is 14.8 Å². The Hall–Kier alpha value is -2.39. The van der Waals surface area contributed by atoms with Crippen LogP contribution in [0.3, 0.4) is 0 Å². The summed E-state index contributed by atoms with van der Waals surface area (Å²) in [6, 6.07) is 1.31. The third kappa shape index (κ3) is 4.36. The molecule has 2 aliphatic heterocycles. The minimum Gasteiger partial charge on any atom is -0.444 e. The monoisotopic (exact) mass is 400 g/mol. The third-order valence-electron chi connectivity index (χ3n) is 4.97. The maximum atomic E-state index is 12.9. The summed E-state index contributed by atoms with van der Waals surface area (Å²) in [5.41, 5.74) is -0.964. The van der Waals surface area contributed by atoms with Crippen LogP contribution in [0.5, 0.6) is 0 Å². The molecule has 2 aliphatic rings. The molecule has 154 valence electrons. The third-order valence-corrected chi connectivity index (χ3v) is 4.97. The number of carbonyl (C=O) groups excluding carboxylic acids is 2. The summed E-state index contributed by atoms with van der Waals surface area (Å²) >= 11 is 0. The Labute approximate surface area is 160 Å². The van der Waals surface area contributed by atoms with Crippen molar-refractivity contribution in [3.63, 3.8) is 0 Å². The molecule has 10 heteroatoms. The number of hydrogen-bond donors (Lipinski definition) is 0. The highest BCUT2D eigenvalue weighted by molar-refractivity contribution is 5.95. The molecule has 0 N–H and O–H groups in total. The van der Waals surface area contributed by atoms with Crippen LogP contribution >= 0.6 is 0 Å². The maximum absolute atomic E-state index is 12.9. The topological polar surface area (TPSA) is 75.6 Å². The summed E-state index contributed by atoms with van der Waals surface area (Å²) in [7, 11) is 0. The molecule has 0 bridgehead atoms. The number of alkyl halides is 3. The standard InChI is InChI=1S/C18H23F3N4O3/c1-16(2,3)28-15(27)24-8-5-17(6-9-24)10-13(26)25(11-17)12-4-7-22-14(23-12)18(19,20)21/h4,7H,5-6,8-11H2,1-3H3. The van der Waals surface area contributed by atoms with Crippen LogP contribution in [0.1, 0.15) is 45.9 Å². The van der Waals surface area contributed by atoms with E-state index in [4.69, 9.17) is 4.74 Å². The summed E-state index contributed by atoms with van der Waals surface area (Å²) in [4.78, 5) is 34.4. The molecule has 0 atom stereocenters. The van der Waals surface area contributed by atoms with Gasteiger partial charge in [0.2, 0.25) is 11.7 Å². The molecule has 28 heavy (non-hydrogen) atoms. The van der Waals surface area contributed by atoms with Gasteiger partial charge in [0.1, 0.15) is 11.4 Å². The van der Waals surface area contributed by atoms with E-state index in [2.05, 4.69) is 9.97 Å². The van der Waals surface area contributed by atoms with Crippen molar-refractivity contribution in [2.45, 2.75) is 51.8 Å². The highest BCUT2D eigenvalue weighted by atomic mass is 19.4. The quantitative estimate of drug-likeness (QED) is 0.723. The first-order valence-corrected chi connectivity index (χ1v) is 9.07. The number of anilines is 1. The molecule has 2 fully saturated rings. The van der Waals surface area contributed by atoms with Crippen LogP contribution in [0.25, 0.3) is 0 Å². The number of aromatic nitrogens is 2. The van der Waals surface area contributed by atoms with Gasteiger partial charge in [-0.05, 0) is 39.7 Å². The van der Waals surface area contributed by atoms with Gasteiger partial charge < -0.3 is 9.64 Å². The van der Waals surface area contributed by atoms with E-state index in [0.29, 0.717) is 25.9 Å². The Bertz CT molecular complexity index is 768. The maximum Gasteiger partial charge on any atom is 0.451 e. The van der Waals surface area contributed by atoms with Crippen LogP contribution in [0, 0.1) is 5.41 Å². The predicted octanol–water partition coefficient (Wildman–Crippen LogP) is 3.25. The van der Waals surface area contributed by atoms with E-state index in [1.54, 1.807) is 25.7 Å². The molecule has 0 unspecified atom stereocenters. The highest BCUT2D eigenvalue weighted by Crippen LogP contribution is 2.42. The van der Waals surface area contributed by atoms with E-state index in [1.165, 1.54) is 11.0 Å². The zero-order valence-electron chi connectivity index (χ0n) is 16.0. The number of halogens is 3. The lowest BCUT2D eigenvalue weighted by molar-refractivity contribution is -0.145. The van der Waals surface area contributed by atoms with Crippen LogP contribution in [-0.2, 0) is 15.7 Å². The number of nitrogens with zero attached hydrogens (tertiary/aromatic N) is 4.